The highest BCUT2D eigenvalue weighted by molar-refractivity contribution is 5.93. The number of carbonyl (C=O) groups excluding carboxylic acids is 1. The van der Waals surface area contributed by atoms with E-state index in [1.165, 1.54) is 6.26 Å². The number of nitrogens with one attached hydrogen (secondary N) is 2. The quantitative estimate of drug-likeness (QED) is 0.785. The van der Waals surface area contributed by atoms with Gasteiger partial charge in [0.05, 0.1) is 11.7 Å². The summed E-state index contributed by atoms with van der Waals surface area (Å²) in [6, 6.07) is 5.09. The third kappa shape index (κ3) is 3.13. The normalized spacial score (nSPS) is 16.9. The molecule has 7 heteroatoms. The molecule has 0 bridgehead atoms. The van der Waals surface area contributed by atoms with Gasteiger partial charge in [-0.05, 0) is 25.0 Å². The zero-order valence-electron chi connectivity index (χ0n) is 12.7. The van der Waals surface area contributed by atoms with Crippen molar-refractivity contribution in [2.75, 3.05) is 6.54 Å². The van der Waals surface area contributed by atoms with Gasteiger partial charge in [-0.25, -0.2) is 0 Å². The molecule has 23 heavy (non-hydrogen) atoms. The van der Waals surface area contributed by atoms with Gasteiger partial charge in [0, 0.05) is 12.6 Å². The molecule has 0 unspecified atom stereocenters. The summed E-state index contributed by atoms with van der Waals surface area (Å²) >= 11 is 0. The molecule has 0 spiro atoms. The lowest BCUT2D eigenvalue weighted by atomic mass is 9.74. The maximum Gasteiger partial charge on any atom is 0.311 e. The van der Waals surface area contributed by atoms with Crippen molar-refractivity contribution in [3.8, 4) is 11.5 Å². The van der Waals surface area contributed by atoms with E-state index >= 15 is 0 Å². The summed E-state index contributed by atoms with van der Waals surface area (Å²) in [5.74, 6) is -0.633. The van der Waals surface area contributed by atoms with Gasteiger partial charge < -0.3 is 14.8 Å². The molecule has 2 aromatic rings. The fourth-order valence-corrected chi connectivity index (χ4v) is 3.03. The number of amides is 1. The lowest BCUT2D eigenvalue weighted by molar-refractivity contribution is -0.150. The lowest BCUT2D eigenvalue weighted by Gasteiger charge is -2.33. The topological polar surface area (TPSA) is 108 Å². The van der Waals surface area contributed by atoms with Crippen LogP contribution in [0.2, 0.25) is 0 Å². The molecule has 2 heterocycles. The molecule has 1 aliphatic carbocycles. The van der Waals surface area contributed by atoms with E-state index in [1.807, 2.05) is 0 Å². The summed E-state index contributed by atoms with van der Waals surface area (Å²) in [5, 5.41) is 18.9. The lowest BCUT2D eigenvalue weighted by Crippen LogP contribution is -2.44. The zero-order chi connectivity index (χ0) is 16.3. The highest BCUT2D eigenvalue weighted by Gasteiger charge is 2.39. The molecule has 0 radical (unpaired) electrons. The fraction of sp³-hybridized carbons (Fsp3) is 0.438. The van der Waals surface area contributed by atoms with Crippen molar-refractivity contribution >= 4 is 11.9 Å². The van der Waals surface area contributed by atoms with Crippen LogP contribution in [-0.4, -0.2) is 33.7 Å². The molecule has 7 nitrogen and oxygen atoms in total. The molecule has 0 saturated heterocycles. The molecule has 1 fully saturated rings. The Kier molecular flexibility index (Phi) is 4.18. The second-order valence-corrected chi connectivity index (χ2v) is 5.97. The highest BCUT2D eigenvalue weighted by atomic mass is 16.4. The monoisotopic (exact) mass is 317 g/mol. The number of carboxylic acid groups (broad SMARTS) is 1. The van der Waals surface area contributed by atoms with Crippen LogP contribution in [-0.2, 0) is 4.79 Å². The average Bonchev–Trinajstić information content (AvgIpc) is 3.24. The average molecular weight is 317 g/mol. The predicted molar refractivity (Wildman–Crippen MR) is 81.8 cm³/mol. The molecule has 2 aromatic heterocycles. The van der Waals surface area contributed by atoms with Gasteiger partial charge in [-0.1, -0.05) is 19.3 Å². The van der Waals surface area contributed by atoms with Crippen molar-refractivity contribution in [1.29, 1.82) is 0 Å². The number of aromatic amines is 1. The number of carboxylic acids is 1. The van der Waals surface area contributed by atoms with Crippen LogP contribution in [0.25, 0.3) is 11.5 Å². The molecule has 1 saturated carbocycles. The Balaban J connectivity index is 1.66. The molecule has 3 N–H and O–H groups in total. The number of aliphatic carboxylic acids is 1. The molecule has 0 atom stereocenters. The maximum atomic E-state index is 12.2. The van der Waals surface area contributed by atoms with Crippen LogP contribution in [0.5, 0.6) is 0 Å². The van der Waals surface area contributed by atoms with Crippen molar-refractivity contribution in [1.82, 2.24) is 15.5 Å². The van der Waals surface area contributed by atoms with Crippen molar-refractivity contribution < 1.29 is 19.1 Å². The molecule has 1 aliphatic rings. The predicted octanol–water partition coefficient (Wildman–Crippen LogP) is 2.43. The summed E-state index contributed by atoms with van der Waals surface area (Å²) in [6.07, 6.45) is 5.55. The van der Waals surface area contributed by atoms with Gasteiger partial charge in [0.1, 0.15) is 5.69 Å². The van der Waals surface area contributed by atoms with Crippen LogP contribution < -0.4 is 5.32 Å². The SMILES string of the molecule is O=C(NCC1(C(=O)O)CCCCC1)c1cc(-c2ccco2)[nH]n1. The van der Waals surface area contributed by atoms with Crippen molar-refractivity contribution in [3.63, 3.8) is 0 Å². The minimum absolute atomic E-state index is 0.129. The number of aromatic nitrogens is 2. The minimum atomic E-state index is -0.853. The van der Waals surface area contributed by atoms with Crippen LogP contribution in [0, 0.1) is 5.41 Å². The third-order valence-corrected chi connectivity index (χ3v) is 4.45. The van der Waals surface area contributed by atoms with E-state index in [4.69, 9.17) is 4.42 Å². The van der Waals surface area contributed by atoms with Crippen LogP contribution in [0.1, 0.15) is 42.6 Å². The minimum Gasteiger partial charge on any atom is -0.481 e. The third-order valence-electron chi connectivity index (χ3n) is 4.45. The second-order valence-electron chi connectivity index (χ2n) is 5.97. The second kappa shape index (κ2) is 6.28. The number of nitrogens with zero attached hydrogens (tertiary/aromatic N) is 1. The Bertz CT molecular complexity index is 684. The standard InChI is InChI=1S/C16H19N3O4/c20-14(12-9-11(18-19-12)13-5-4-8-23-13)17-10-16(15(21)22)6-2-1-3-7-16/h4-5,8-9H,1-3,6-7,10H2,(H,17,20)(H,18,19)(H,21,22). The van der Waals surface area contributed by atoms with E-state index in [-0.39, 0.29) is 18.1 Å². The molecular formula is C16H19N3O4. The van der Waals surface area contributed by atoms with E-state index in [0.717, 1.165) is 19.3 Å². The first-order valence-corrected chi connectivity index (χ1v) is 7.72. The van der Waals surface area contributed by atoms with Gasteiger partial charge >= 0.3 is 5.97 Å². The number of furan rings is 1. The molecular weight excluding hydrogens is 298 g/mol. The van der Waals surface area contributed by atoms with E-state index in [1.54, 1.807) is 18.2 Å². The first kappa shape index (κ1) is 15.3. The van der Waals surface area contributed by atoms with Crippen LogP contribution in [0.3, 0.4) is 0 Å². The summed E-state index contributed by atoms with van der Waals surface area (Å²) in [6.45, 7) is 0.129. The van der Waals surface area contributed by atoms with Gasteiger partial charge in [0.25, 0.3) is 5.91 Å². The summed E-state index contributed by atoms with van der Waals surface area (Å²) in [5.41, 5.74) is -0.0350. The Morgan fingerprint density at radius 1 is 1.35 bits per heavy atom. The Morgan fingerprint density at radius 3 is 2.78 bits per heavy atom. The van der Waals surface area contributed by atoms with E-state index in [2.05, 4.69) is 15.5 Å². The Labute approximate surface area is 133 Å². The summed E-state index contributed by atoms with van der Waals surface area (Å²) in [4.78, 5) is 23.8. The number of rotatable bonds is 5. The fourth-order valence-electron chi connectivity index (χ4n) is 3.03. The Hall–Kier alpha value is -2.57. The number of H-pyrrole nitrogens is 1. The van der Waals surface area contributed by atoms with Crippen LogP contribution >= 0.6 is 0 Å². The number of hydrogen-bond acceptors (Lipinski definition) is 4. The van der Waals surface area contributed by atoms with Gasteiger partial charge in [0.2, 0.25) is 0 Å². The van der Waals surface area contributed by atoms with Gasteiger partial charge in [-0.2, -0.15) is 5.10 Å². The Morgan fingerprint density at radius 2 is 2.13 bits per heavy atom. The van der Waals surface area contributed by atoms with Gasteiger partial charge in [0.15, 0.2) is 11.5 Å². The molecule has 122 valence electrons. The number of hydrogen-bond donors (Lipinski definition) is 3. The van der Waals surface area contributed by atoms with Crippen LogP contribution in [0.4, 0.5) is 0 Å². The maximum absolute atomic E-state index is 12.2. The zero-order valence-corrected chi connectivity index (χ0v) is 12.7. The van der Waals surface area contributed by atoms with Crippen LogP contribution in [0.15, 0.2) is 28.9 Å². The van der Waals surface area contributed by atoms with Gasteiger partial charge in [-0.3, -0.25) is 14.7 Å². The van der Waals surface area contributed by atoms with Gasteiger partial charge in [-0.15, -0.1) is 0 Å². The largest absolute Gasteiger partial charge is 0.481 e. The summed E-state index contributed by atoms with van der Waals surface area (Å²) < 4.78 is 5.23. The first-order valence-electron chi connectivity index (χ1n) is 7.72. The first-order chi connectivity index (χ1) is 11.1. The number of carbonyl (C=O) groups is 2. The van der Waals surface area contributed by atoms with E-state index in [9.17, 15) is 14.7 Å². The highest BCUT2D eigenvalue weighted by Crippen LogP contribution is 2.36. The molecule has 1 amide bonds. The molecule has 0 aliphatic heterocycles. The smallest absolute Gasteiger partial charge is 0.311 e. The van der Waals surface area contributed by atoms with Crippen molar-refractivity contribution in [3.05, 3.63) is 30.2 Å². The van der Waals surface area contributed by atoms with Crippen molar-refractivity contribution in [2.24, 2.45) is 5.41 Å². The van der Waals surface area contributed by atoms with Crippen molar-refractivity contribution in [2.45, 2.75) is 32.1 Å². The summed E-state index contributed by atoms with van der Waals surface area (Å²) in [7, 11) is 0. The molecule has 3 rings (SSSR count). The molecule has 0 aromatic carbocycles. The van der Waals surface area contributed by atoms with E-state index in [0.29, 0.717) is 24.3 Å². The van der Waals surface area contributed by atoms with E-state index < -0.39 is 11.4 Å².